The molecular formula is C23H21N3O4. The Hall–Kier alpha value is -3.74. The van der Waals surface area contributed by atoms with Gasteiger partial charge >= 0.3 is 0 Å². The number of hydrogen-bond acceptors (Lipinski definition) is 5. The third-order valence-corrected chi connectivity index (χ3v) is 5.00. The van der Waals surface area contributed by atoms with Crippen LogP contribution in [0.3, 0.4) is 0 Å². The van der Waals surface area contributed by atoms with Crippen molar-refractivity contribution in [1.82, 2.24) is 10.3 Å². The molecule has 2 N–H and O–H groups in total. The quantitative estimate of drug-likeness (QED) is 0.608. The molecule has 30 heavy (non-hydrogen) atoms. The topological polar surface area (TPSA) is 101 Å². The Morgan fingerprint density at radius 3 is 2.53 bits per heavy atom. The second kappa shape index (κ2) is 7.94. The molecule has 0 saturated heterocycles. The number of fused-ring (bicyclic) bond motifs is 1. The highest BCUT2D eigenvalue weighted by atomic mass is 16.4. The fraction of sp³-hybridized carbons (Fsp3) is 0.217. The molecule has 3 aromatic rings. The molecule has 4 rings (SSSR count). The van der Waals surface area contributed by atoms with Gasteiger partial charge in [-0.25, -0.2) is 4.98 Å². The number of imide groups is 1. The zero-order valence-electron chi connectivity index (χ0n) is 16.7. The molecule has 7 nitrogen and oxygen atoms in total. The van der Waals surface area contributed by atoms with Crippen molar-refractivity contribution in [3.63, 3.8) is 0 Å². The summed E-state index contributed by atoms with van der Waals surface area (Å²) in [5.74, 6) is 0.484. The van der Waals surface area contributed by atoms with Gasteiger partial charge in [0.05, 0.1) is 17.3 Å². The molecule has 152 valence electrons. The standard InChI is InChI=1S/C23H21N3O4/c1-13(2)14-3-5-15(6-4-14)19-12-24-21(30-19)10-9-20(27)25-16-7-8-17-18(11-16)23(29)26-22(17)28/h3-8,11-13H,9-10H2,1-2H3,(H,25,27)(H,26,28,29). The van der Waals surface area contributed by atoms with E-state index in [-0.39, 0.29) is 17.9 Å². The Morgan fingerprint density at radius 2 is 1.80 bits per heavy atom. The Kier molecular flexibility index (Phi) is 5.18. The van der Waals surface area contributed by atoms with E-state index in [0.717, 1.165) is 5.56 Å². The van der Waals surface area contributed by atoms with Crippen molar-refractivity contribution in [2.24, 2.45) is 0 Å². The van der Waals surface area contributed by atoms with Crippen molar-refractivity contribution < 1.29 is 18.8 Å². The highest BCUT2D eigenvalue weighted by Crippen LogP contribution is 2.24. The molecule has 0 aliphatic carbocycles. The number of oxazole rings is 1. The fourth-order valence-corrected chi connectivity index (χ4v) is 3.28. The molecule has 2 heterocycles. The van der Waals surface area contributed by atoms with E-state index in [2.05, 4.69) is 41.6 Å². The summed E-state index contributed by atoms with van der Waals surface area (Å²) in [5, 5.41) is 4.96. The molecular weight excluding hydrogens is 382 g/mol. The van der Waals surface area contributed by atoms with E-state index in [0.29, 0.717) is 35.2 Å². The molecule has 1 aliphatic heterocycles. The first-order chi connectivity index (χ1) is 14.4. The lowest BCUT2D eigenvalue weighted by molar-refractivity contribution is -0.116. The van der Waals surface area contributed by atoms with Crippen LogP contribution < -0.4 is 10.6 Å². The maximum absolute atomic E-state index is 12.3. The second-order valence-electron chi connectivity index (χ2n) is 7.49. The minimum Gasteiger partial charge on any atom is -0.441 e. The molecule has 0 radical (unpaired) electrons. The van der Waals surface area contributed by atoms with Gasteiger partial charge in [-0.3, -0.25) is 19.7 Å². The number of carbonyl (C=O) groups is 3. The number of nitrogens with zero attached hydrogens (tertiary/aromatic N) is 1. The highest BCUT2D eigenvalue weighted by Gasteiger charge is 2.26. The Balaban J connectivity index is 1.35. The predicted octanol–water partition coefficient (Wildman–Crippen LogP) is 3.92. The van der Waals surface area contributed by atoms with Crippen molar-refractivity contribution in [3.05, 3.63) is 71.2 Å². The normalized spacial score (nSPS) is 12.8. The number of aromatic nitrogens is 1. The maximum Gasteiger partial charge on any atom is 0.259 e. The van der Waals surface area contributed by atoms with Crippen LogP contribution in [0.2, 0.25) is 0 Å². The average molecular weight is 403 g/mol. The molecule has 2 aromatic carbocycles. The van der Waals surface area contributed by atoms with Crippen LogP contribution in [0.1, 0.15) is 58.4 Å². The smallest absolute Gasteiger partial charge is 0.259 e. The lowest BCUT2D eigenvalue weighted by atomic mass is 10.0. The molecule has 0 fully saturated rings. The number of hydrogen-bond donors (Lipinski definition) is 2. The predicted molar refractivity (Wildman–Crippen MR) is 111 cm³/mol. The van der Waals surface area contributed by atoms with Crippen LogP contribution in [0.4, 0.5) is 5.69 Å². The Labute approximate surface area is 173 Å². The molecule has 0 saturated carbocycles. The summed E-state index contributed by atoms with van der Waals surface area (Å²) in [7, 11) is 0. The number of anilines is 1. The number of carbonyl (C=O) groups excluding carboxylic acids is 3. The highest BCUT2D eigenvalue weighted by molar-refractivity contribution is 6.22. The minimum absolute atomic E-state index is 0.175. The average Bonchev–Trinajstić information content (AvgIpc) is 3.31. The zero-order valence-corrected chi connectivity index (χ0v) is 16.7. The van der Waals surface area contributed by atoms with E-state index in [9.17, 15) is 14.4 Å². The van der Waals surface area contributed by atoms with Crippen molar-refractivity contribution in [2.45, 2.75) is 32.6 Å². The van der Waals surface area contributed by atoms with Crippen LogP contribution in [0.15, 0.2) is 53.1 Å². The van der Waals surface area contributed by atoms with Gasteiger partial charge in [-0.05, 0) is 29.7 Å². The molecule has 3 amide bonds. The number of benzene rings is 2. The van der Waals surface area contributed by atoms with Crippen molar-refractivity contribution >= 4 is 23.4 Å². The Bertz CT molecular complexity index is 1130. The van der Waals surface area contributed by atoms with Gasteiger partial charge in [0.25, 0.3) is 11.8 Å². The van der Waals surface area contributed by atoms with Crippen LogP contribution in [0, 0.1) is 0 Å². The van der Waals surface area contributed by atoms with Gasteiger partial charge in [0.15, 0.2) is 11.7 Å². The zero-order chi connectivity index (χ0) is 21.3. The van der Waals surface area contributed by atoms with Crippen molar-refractivity contribution in [3.8, 4) is 11.3 Å². The maximum atomic E-state index is 12.3. The molecule has 0 atom stereocenters. The SMILES string of the molecule is CC(C)c1ccc(-c2cnc(CCC(=O)Nc3ccc4c(c3)C(=O)NC4=O)o2)cc1. The third-order valence-electron chi connectivity index (χ3n) is 5.00. The lowest BCUT2D eigenvalue weighted by Gasteiger charge is -2.06. The monoisotopic (exact) mass is 403 g/mol. The van der Waals surface area contributed by atoms with E-state index in [1.165, 1.54) is 17.7 Å². The molecule has 0 bridgehead atoms. The minimum atomic E-state index is -0.458. The van der Waals surface area contributed by atoms with Crippen LogP contribution in [0.25, 0.3) is 11.3 Å². The number of rotatable bonds is 6. The largest absolute Gasteiger partial charge is 0.441 e. The van der Waals surface area contributed by atoms with Gasteiger partial charge in [0.2, 0.25) is 5.91 Å². The summed E-state index contributed by atoms with van der Waals surface area (Å²) in [6, 6.07) is 12.8. The van der Waals surface area contributed by atoms with Gasteiger partial charge in [-0.2, -0.15) is 0 Å². The molecule has 0 unspecified atom stereocenters. The van der Waals surface area contributed by atoms with E-state index in [1.807, 2.05) is 12.1 Å². The Morgan fingerprint density at radius 1 is 1.07 bits per heavy atom. The van der Waals surface area contributed by atoms with Crippen molar-refractivity contribution in [2.75, 3.05) is 5.32 Å². The van der Waals surface area contributed by atoms with Crippen LogP contribution >= 0.6 is 0 Å². The van der Waals surface area contributed by atoms with Gasteiger partial charge in [0.1, 0.15) is 0 Å². The molecule has 1 aliphatic rings. The number of nitrogens with one attached hydrogen (secondary N) is 2. The van der Waals surface area contributed by atoms with Gasteiger partial charge < -0.3 is 9.73 Å². The van der Waals surface area contributed by atoms with Crippen LogP contribution in [-0.2, 0) is 11.2 Å². The van der Waals surface area contributed by atoms with E-state index >= 15 is 0 Å². The lowest BCUT2D eigenvalue weighted by Crippen LogP contribution is -2.19. The first kappa shape index (κ1) is 19.6. The summed E-state index contributed by atoms with van der Waals surface area (Å²) < 4.78 is 5.78. The van der Waals surface area contributed by atoms with Gasteiger partial charge in [0, 0.05) is 24.1 Å². The summed E-state index contributed by atoms with van der Waals surface area (Å²) in [6.07, 6.45) is 2.18. The summed E-state index contributed by atoms with van der Waals surface area (Å²) >= 11 is 0. The first-order valence-electron chi connectivity index (χ1n) is 9.75. The molecule has 7 heteroatoms. The first-order valence-corrected chi connectivity index (χ1v) is 9.75. The van der Waals surface area contributed by atoms with E-state index in [4.69, 9.17) is 4.42 Å². The number of aryl methyl sites for hydroxylation is 1. The third kappa shape index (κ3) is 4.00. The van der Waals surface area contributed by atoms with E-state index in [1.54, 1.807) is 12.3 Å². The summed E-state index contributed by atoms with van der Waals surface area (Å²) in [6.45, 7) is 4.29. The number of amides is 3. The summed E-state index contributed by atoms with van der Waals surface area (Å²) in [4.78, 5) is 39.8. The van der Waals surface area contributed by atoms with Gasteiger partial charge in [-0.15, -0.1) is 0 Å². The fourth-order valence-electron chi connectivity index (χ4n) is 3.28. The van der Waals surface area contributed by atoms with Crippen LogP contribution in [-0.4, -0.2) is 22.7 Å². The van der Waals surface area contributed by atoms with Crippen LogP contribution in [0.5, 0.6) is 0 Å². The second-order valence-corrected chi connectivity index (χ2v) is 7.49. The van der Waals surface area contributed by atoms with Crippen molar-refractivity contribution in [1.29, 1.82) is 0 Å². The molecule has 1 aromatic heterocycles. The molecule has 0 spiro atoms. The van der Waals surface area contributed by atoms with Gasteiger partial charge in [-0.1, -0.05) is 38.1 Å². The summed E-state index contributed by atoms with van der Waals surface area (Å²) in [5.41, 5.74) is 3.23. The van der Waals surface area contributed by atoms with E-state index < -0.39 is 11.8 Å².